The number of benzene rings is 2. The highest BCUT2D eigenvalue weighted by Crippen LogP contribution is 2.22. The van der Waals surface area contributed by atoms with E-state index in [0.29, 0.717) is 6.61 Å². The Morgan fingerprint density at radius 1 is 1.21 bits per heavy atom. The highest BCUT2D eigenvalue weighted by atomic mass is 16.5. The molecule has 0 saturated carbocycles. The molecule has 1 aromatic heterocycles. The first-order chi connectivity index (χ1) is 13.6. The van der Waals surface area contributed by atoms with E-state index in [0.717, 1.165) is 22.6 Å². The van der Waals surface area contributed by atoms with E-state index >= 15 is 0 Å². The first-order valence-electron chi connectivity index (χ1n) is 9.21. The van der Waals surface area contributed by atoms with Gasteiger partial charge < -0.3 is 9.64 Å². The fraction of sp³-hybridized carbons (Fsp3) is 0.227. The van der Waals surface area contributed by atoms with Crippen molar-refractivity contribution in [1.82, 2.24) is 19.7 Å². The highest BCUT2D eigenvalue weighted by molar-refractivity contribution is 5.92. The van der Waals surface area contributed by atoms with Crippen LogP contribution in [0.15, 0.2) is 67.3 Å². The van der Waals surface area contributed by atoms with Crippen LogP contribution in [-0.2, 0) is 4.79 Å². The monoisotopic (exact) mass is 376 g/mol. The molecule has 1 atom stereocenters. The van der Waals surface area contributed by atoms with Crippen LogP contribution in [0.5, 0.6) is 5.75 Å². The number of carbonyl (C=O) groups excluding carboxylic acids is 1. The Morgan fingerprint density at radius 3 is 2.64 bits per heavy atom. The van der Waals surface area contributed by atoms with E-state index in [9.17, 15) is 4.79 Å². The number of nitrogens with zero attached hydrogens (tertiary/aromatic N) is 4. The van der Waals surface area contributed by atoms with Gasteiger partial charge in [0.25, 0.3) is 0 Å². The molecule has 3 aromatic rings. The molecule has 6 nitrogen and oxygen atoms in total. The van der Waals surface area contributed by atoms with Crippen molar-refractivity contribution in [2.24, 2.45) is 0 Å². The molecule has 0 aliphatic heterocycles. The molecule has 3 rings (SSSR count). The molecule has 1 unspecified atom stereocenters. The first kappa shape index (κ1) is 19.4. The first-order valence-corrected chi connectivity index (χ1v) is 9.21. The summed E-state index contributed by atoms with van der Waals surface area (Å²) in [7, 11) is 1.80. The van der Waals surface area contributed by atoms with Gasteiger partial charge in [-0.25, -0.2) is 9.67 Å². The Bertz CT molecular complexity index is 933. The Labute approximate surface area is 165 Å². The van der Waals surface area contributed by atoms with E-state index in [1.165, 1.54) is 6.33 Å². The summed E-state index contributed by atoms with van der Waals surface area (Å²) in [5.41, 5.74) is 2.86. The molecule has 0 saturated heterocycles. The van der Waals surface area contributed by atoms with Crippen LogP contribution in [0.25, 0.3) is 11.8 Å². The largest absolute Gasteiger partial charge is 0.493 e. The average Bonchev–Trinajstić information content (AvgIpc) is 3.27. The van der Waals surface area contributed by atoms with Crippen LogP contribution in [0.2, 0.25) is 0 Å². The van der Waals surface area contributed by atoms with Crippen LogP contribution in [0.3, 0.4) is 0 Å². The van der Waals surface area contributed by atoms with Gasteiger partial charge in [0.05, 0.1) is 18.3 Å². The van der Waals surface area contributed by atoms with Gasteiger partial charge in [-0.1, -0.05) is 30.3 Å². The molecule has 0 aliphatic carbocycles. The summed E-state index contributed by atoms with van der Waals surface area (Å²) in [5.74, 6) is 0.701. The van der Waals surface area contributed by atoms with Gasteiger partial charge in [0.2, 0.25) is 5.91 Å². The van der Waals surface area contributed by atoms with Gasteiger partial charge in [0.1, 0.15) is 18.4 Å². The highest BCUT2D eigenvalue weighted by Gasteiger charge is 2.15. The molecule has 0 N–H and O–H groups in total. The number of hydrogen-bond acceptors (Lipinski definition) is 4. The topological polar surface area (TPSA) is 60.2 Å². The predicted octanol–water partition coefficient (Wildman–Crippen LogP) is 3.90. The van der Waals surface area contributed by atoms with E-state index in [4.69, 9.17) is 4.74 Å². The molecule has 0 bridgehead atoms. The van der Waals surface area contributed by atoms with E-state index < -0.39 is 0 Å². The number of rotatable bonds is 7. The molecule has 0 spiro atoms. The average molecular weight is 376 g/mol. The fourth-order valence-electron chi connectivity index (χ4n) is 2.85. The van der Waals surface area contributed by atoms with Gasteiger partial charge in [0.15, 0.2) is 0 Å². The van der Waals surface area contributed by atoms with Crippen LogP contribution in [0, 0.1) is 0 Å². The number of hydrogen-bond donors (Lipinski definition) is 0. The zero-order chi connectivity index (χ0) is 19.9. The SMILES string of the molecule is CCOc1ccccc1/C=C/C(=O)N(C)C(C)c1ccc(-n2cncn2)cc1. The Morgan fingerprint density at radius 2 is 1.96 bits per heavy atom. The van der Waals surface area contributed by atoms with Crippen molar-refractivity contribution < 1.29 is 9.53 Å². The van der Waals surface area contributed by atoms with Crippen LogP contribution >= 0.6 is 0 Å². The zero-order valence-corrected chi connectivity index (χ0v) is 16.3. The Hall–Kier alpha value is -3.41. The van der Waals surface area contributed by atoms with Crippen molar-refractivity contribution in [3.63, 3.8) is 0 Å². The Balaban J connectivity index is 1.69. The second kappa shape index (κ2) is 8.99. The lowest BCUT2D eigenvalue weighted by molar-refractivity contribution is -0.126. The van der Waals surface area contributed by atoms with E-state index in [-0.39, 0.29) is 11.9 Å². The van der Waals surface area contributed by atoms with Crippen molar-refractivity contribution in [3.05, 3.63) is 78.4 Å². The number of para-hydroxylation sites is 1. The van der Waals surface area contributed by atoms with Crippen LogP contribution in [-0.4, -0.2) is 39.2 Å². The predicted molar refractivity (Wildman–Crippen MR) is 109 cm³/mol. The maximum Gasteiger partial charge on any atom is 0.246 e. The van der Waals surface area contributed by atoms with E-state index in [1.807, 2.05) is 62.4 Å². The molecule has 2 aromatic carbocycles. The fourth-order valence-corrected chi connectivity index (χ4v) is 2.85. The molecular formula is C22H24N4O2. The Kier molecular flexibility index (Phi) is 6.22. The minimum atomic E-state index is -0.0702. The second-order valence-electron chi connectivity index (χ2n) is 6.36. The molecule has 144 valence electrons. The molecule has 1 heterocycles. The van der Waals surface area contributed by atoms with Crippen LogP contribution in [0.1, 0.15) is 31.0 Å². The van der Waals surface area contributed by atoms with Gasteiger partial charge >= 0.3 is 0 Å². The van der Waals surface area contributed by atoms with Crippen LogP contribution in [0.4, 0.5) is 0 Å². The summed E-state index contributed by atoms with van der Waals surface area (Å²) in [4.78, 5) is 18.3. The van der Waals surface area contributed by atoms with Crippen molar-refractivity contribution in [2.75, 3.05) is 13.7 Å². The molecule has 1 amide bonds. The summed E-state index contributed by atoms with van der Waals surface area (Å²) < 4.78 is 7.30. The minimum absolute atomic E-state index is 0.0657. The lowest BCUT2D eigenvalue weighted by Gasteiger charge is -2.24. The maximum atomic E-state index is 12.6. The summed E-state index contributed by atoms with van der Waals surface area (Å²) in [6, 6.07) is 15.5. The quantitative estimate of drug-likeness (QED) is 0.587. The van der Waals surface area contributed by atoms with E-state index in [1.54, 1.807) is 35.1 Å². The molecule has 6 heteroatoms. The third-order valence-corrected chi connectivity index (χ3v) is 4.61. The molecule has 0 fully saturated rings. The van der Waals surface area contributed by atoms with Gasteiger partial charge in [-0.05, 0) is 43.7 Å². The molecule has 0 aliphatic rings. The van der Waals surface area contributed by atoms with Crippen molar-refractivity contribution >= 4 is 12.0 Å². The van der Waals surface area contributed by atoms with Crippen molar-refractivity contribution in [3.8, 4) is 11.4 Å². The molecular weight excluding hydrogens is 352 g/mol. The maximum absolute atomic E-state index is 12.6. The smallest absolute Gasteiger partial charge is 0.246 e. The van der Waals surface area contributed by atoms with Gasteiger partial charge in [-0.3, -0.25) is 4.79 Å². The summed E-state index contributed by atoms with van der Waals surface area (Å²) in [6.45, 7) is 4.53. The number of carbonyl (C=O) groups is 1. The second-order valence-corrected chi connectivity index (χ2v) is 6.36. The minimum Gasteiger partial charge on any atom is -0.493 e. The third-order valence-electron chi connectivity index (χ3n) is 4.61. The van der Waals surface area contributed by atoms with Crippen LogP contribution < -0.4 is 4.74 Å². The lowest BCUT2D eigenvalue weighted by Crippen LogP contribution is -2.28. The number of aromatic nitrogens is 3. The van der Waals surface area contributed by atoms with Gasteiger partial charge in [-0.2, -0.15) is 5.10 Å². The zero-order valence-electron chi connectivity index (χ0n) is 16.3. The lowest BCUT2D eigenvalue weighted by atomic mass is 10.1. The van der Waals surface area contributed by atoms with Gasteiger partial charge in [-0.15, -0.1) is 0 Å². The molecule has 0 radical (unpaired) electrons. The summed E-state index contributed by atoms with van der Waals surface area (Å²) >= 11 is 0. The number of ether oxygens (including phenoxy) is 1. The van der Waals surface area contributed by atoms with Crippen molar-refractivity contribution in [1.29, 1.82) is 0 Å². The van der Waals surface area contributed by atoms with Gasteiger partial charge in [0, 0.05) is 18.7 Å². The standard InChI is InChI=1S/C22H24N4O2/c1-4-28-21-8-6-5-7-19(21)11-14-22(27)25(3)17(2)18-9-12-20(13-10-18)26-16-23-15-24-26/h5-17H,4H2,1-3H3/b14-11+. The molecule has 28 heavy (non-hydrogen) atoms. The third kappa shape index (κ3) is 4.46. The number of likely N-dealkylation sites (N-methyl/N-ethyl adjacent to an activating group) is 1. The summed E-state index contributed by atoms with van der Waals surface area (Å²) in [6.07, 6.45) is 6.53. The normalized spacial score (nSPS) is 12.1. The van der Waals surface area contributed by atoms with Crippen molar-refractivity contribution in [2.45, 2.75) is 19.9 Å². The number of amides is 1. The van der Waals surface area contributed by atoms with E-state index in [2.05, 4.69) is 10.1 Å². The summed E-state index contributed by atoms with van der Waals surface area (Å²) in [5, 5.41) is 4.12.